The van der Waals surface area contributed by atoms with Crippen LogP contribution in [0.4, 0.5) is 0 Å². The van der Waals surface area contributed by atoms with Crippen LogP contribution in [0.3, 0.4) is 0 Å². The molecule has 0 saturated heterocycles. The van der Waals surface area contributed by atoms with E-state index in [4.69, 9.17) is 18.6 Å². The minimum absolute atomic E-state index is 0.0724. The van der Waals surface area contributed by atoms with Crippen LogP contribution in [0.15, 0.2) is 94.1 Å². The Hall–Kier alpha value is -5.44. The third-order valence-electron chi connectivity index (χ3n) is 7.24. The lowest BCUT2D eigenvalue weighted by atomic mass is 9.85. The summed E-state index contributed by atoms with van der Waals surface area (Å²) in [6, 6.07) is 24.5. The third-order valence-corrected chi connectivity index (χ3v) is 7.24. The lowest BCUT2D eigenvalue weighted by Gasteiger charge is -2.23. The van der Waals surface area contributed by atoms with Gasteiger partial charge < -0.3 is 33.9 Å². The Morgan fingerprint density at radius 1 is 0.860 bits per heavy atom. The van der Waals surface area contributed by atoms with Crippen molar-refractivity contribution in [1.29, 1.82) is 0 Å². The van der Waals surface area contributed by atoms with Crippen LogP contribution < -0.4 is 14.9 Å². The largest absolute Gasteiger partial charge is 0.504 e. The minimum atomic E-state index is -1.01. The lowest BCUT2D eigenvalue weighted by molar-refractivity contribution is -0.140. The number of hydrogen-bond donors (Lipinski definition) is 3. The van der Waals surface area contributed by atoms with Crippen molar-refractivity contribution in [3.05, 3.63) is 112 Å². The average molecular weight is 583 g/mol. The van der Waals surface area contributed by atoms with Gasteiger partial charge in [-0.05, 0) is 23.8 Å². The summed E-state index contributed by atoms with van der Waals surface area (Å²) < 4.78 is 22.5. The molecule has 9 nitrogen and oxygen atoms in total. The Kier molecular flexibility index (Phi) is 8.52. The third kappa shape index (κ3) is 5.97. The Balaban J connectivity index is 1.64. The van der Waals surface area contributed by atoms with Gasteiger partial charge in [0, 0.05) is 35.1 Å². The second-order valence-electron chi connectivity index (χ2n) is 9.82. The number of phenols is 3. The first-order valence-electron chi connectivity index (χ1n) is 13.5. The predicted octanol–water partition coefficient (Wildman–Crippen LogP) is 5.90. The molecule has 9 heteroatoms. The molecule has 5 aromatic rings. The number of fused-ring (bicyclic) bond motifs is 1. The molecule has 0 bridgehead atoms. The molecule has 1 atom stereocenters. The number of rotatable bonds is 10. The molecule has 0 spiro atoms. The van der Waals surface area contributed by atoms with Gasteiger partial charge in [-0.2, -0.15) is 0 Å². The van der Waals surface area contributed by atoms with Gasteiger partial charge in [-0.1, -0.05) is 60.7 Å². The highest BCUT2D eigenvalue weighted by molar-refractivity contribution is 5.94. The van der Waals surface area contributed by atoms with Crippen LogP contribution in [0.1, 0.15) is 29.0 Å². The summed E-state index contributed by atoms with van der Waals surface area (Å²) in [4.78, 5) is 26.0. The number of para-hydroxylation sites is 1. The van der Waals surface area contributed by atoms with Crippen molar-refractivity contribution in [2.24, 2.45) is 0 Å². The number of carbonyl (C=O) groups is 1. The molecule has 0 saturated carbocycles. The van der Waals surface area contributed by atoms with E-state index in [1.165, 1.54) is 13.2 Å². The second kappa shape index (κ2) is 12.6. The van der Waals surface area contributed by atoms with E-state index in [1.54, 1.807) is 55.6 Å². The van der Waals surface area contributed by atoms with Gasteiger partial charge in [0.05, 0.1) is 27.2 Å². The van der Waals surface area contributed by atoms with E-state index in [0.717, 1.165) is 11.3 Å². The Morgan fingerprint density at radius 2 is 1.56 bits per heavy atom. The lowest BCUT2D eigenvalue weighted by Crippen LogP contribution is -2.14. The molecule has 0 radical (unpaired) electrons. The van der Waals surface area contributed by atoms with Crippen molar-refractivity contribution in [3.63, 3.8) is 0 Å². The van der Waals surface area contributed by atoms with Gasteiger partial charge in [0.2, 0.25) is 5.75 Å². The summed E-state index contributed by atoms with van der Waals surface area (Å²) in [5.41, 5.74) is 1.17. The average Bonchev–Trinajstić information content (AvgIpc) is 3.04. The van der Waals surface area contributed by atoms with Gasteiger partial charge in [0.15, 0.2) is 16.9 Å². The number of ether oxygens (including phenoxy) is 3. The van der Waals surface area contributed by atoms with Crippen molar-refractivity contribution in [2.45, 2.75) is 18.8 Å². The standard InChI is InChI=1S/C34H30O9/c1-40-22-14-12-20(13-15-22)16-17-42-26-11-7-6-10-23(26)24(18-28(36)41-2)29-31(37)33(39)32(38)30-25(35)19-27(43-34(29)30)21-8-4-3-5-9-21/h3-15,19,24,37-39H,16-18H2,1-2H3/t24-/m0/s1. The number of methoxy groups -OCH3 is 2. The fraction of sp³-hybridized carbons (Fsp3) is 0.176. The summed E-state index contributed by atoms with van der Waals surface area (Å²) in [6.45, 7) is 0.287. The van der Waals surface area contributed by atoms with E-state index in [9.17, 15) is 24.9 Å². The molecule has 0 unspecified atom stereocenters. The Bertz CT molecular complexity index is 1810. The van der Waals surface area contributed by atoms with Crippen molar-refractivity contribution in [2.75, 3.05) is 20.8 Å². The molecule has 0 fully saturated rings. The highest BCUT2D eigenvalue weighted by Gasteiger charge is 2.32. The number of carbonyl (C=O) groups excluding carboxylic acids is 1. The molecule has 1 aromatic heterocycles. The van der Waals surface area contributed by atoms with Crippen molar-refractivity contribution in [1.82, 2.24) is 0 Å². The molecular formula is C34H30O9. The predicted molar refractivity (Wildman–Crippen MR) is 160 cm³/mol. The van der Waals surface area contributed by atoms with Gasteiger partial charge >= 0.3 is 5.97 Å². The first-order valence-corrected chi connectivity index (χ1v) is 13.5. The molecule has 0 aliphatic carbocycles. The van der Waals surface area contributed by atoms with Gasteiger partial charge in [-0.25, -0.2) is 0 Å². The highest BCUT2D eigenvalue weighted by Crippen LogP contribution is 2.50. The molecule has 0 aliphatic rings. The minimum Gasteiger partial charge on any atom is -0.504 e. The topological polar surface area (TPSA) is 136 Å². The molecule has 5 rings (SSSR count). The summed E-state index contributed by atoms with van der Waals surface area (Å²) in [5, 5.41) is 32.3. The zero-order valence-electron chi connectivity index (χ0n) is 23.6. The monoisotopic (exact) mass is 582 g/mol. The van der Waals surface area contributed by atoms with Crippen molar-refractivity contribution in [3.8, 4) is 40.1 Å². The van der Waals surface area contributed by atoms with Crippen LogP contribution in [0.25, 0.3) is 22.3 Å². The van der Waals surface area contributed by atoms with Crippen LogP contribution in [0, 0.1) is 0 Å². The first-order chi connectivity index (χ1) is 20.8. The molecule has 0 aliphatic heterocycles. The smallest absolute Gasteiger partial charge is 0.306 e. The molecule has 43 heavy (non-hydrogen) atoms. The normalized spacial score (nSPS) is 11.7. The van der Waals surface area contributed by atoms with Crippen LogP contribution in [0.5, 0.6) is 28.7 Å². The van der Waals surface area contributed by atoms with E-state index >= 15 is 0 Å². The zero-order valence-corrected chi connectivity index (χ0v) is 23.6. The van der Waals surface area contributed by atoms with E-state index in [1.807, 2.05) is 30.3 Å². The van der Waals surface area contributed by atoms with Crippen LogP contribution in [-0.2, 0) is 16.0 Å². The maximum Gasteiger partial charge on any atom is 0.306 e. The molecule has 220 valence electrons. The molecule has 3 N–H and O–H groups in total. The van der Waals surface area contributed by atoms with Crippen molar-refractivity contribution >= 4 is 16.9 Å². The van der Waals surface area contributed by atoms with Crippen LogP contribution >= 0.6 is 0 Å². The summed E-state index contributed by atoms with van der Waals surface area (Å²) in [6.07, 6.45) is 0.269. The summed E-state index contributed by atoms with van der Waals surface area (Å²) in [7, 11) is 2.83. The van der Waals surface area contributed by atoms with E-state index in [2.05, 4.69) is 0 Å². The number of benzene rings is 4. The fourth-order valence-corrected chi connectivity index (χ4v) is 5.03. The Labute approximate surface area is 247 Å². The number of phenolic OH excluding ortho intramolecular Hbond substituents is 3. The van der Waals surface area contributed by atoms with E-state index < -0.39 is 34.6 Å². The highest BCUT2D eigenvalue weighted by atomic mass is 16.5. The quantitative estimate of drug-likeness (QED) is 0.136. The van der Waals surface area contributed by atoms with Crippen LogP contribution in [0.2, 0.25) is 0 Å². The van der Waals surface area contributed by atoms with E-state index in [-0.39, 0.29) is 35.3 Å². The summed E-state index contributed by atoms with van der Waals surface area (Å²) in [5.74, 6) is -2.78. The first kappa shape index (κ1) is 29.1. The molecule has 4 aromatic carbocycles. The van der Waals surface area contributed by atoms with Gasteiger partial charge in [-0.3, -0.25) is 9.59 Å². The Morgan fingerprint density at radius 3 is 2.26 bits per heavy atom. The number of hydrogen-bond acceptors (Lipinski definition) is 9. The fourth-order valence-electron chi connectivity index (χ4n) is 5.03. The zero-order chi connectivity index (χ0) is 30.5. The van der Waals surface area contributed by atoms with Gasteiger partial charge in [0.25, 0.3) is 0 Å². The van der Waals surface area contributed by atoms with E-state index in [0.29, 0.717) is 23.3 Å². The van der Waals surface area contributed by atoms with Crippen LogP contribution in [-0.4, -0.2) is 42.1 Å². The number of esters is 1. The molecular weight excluding hydrogens is 552 g/mol. The molecule has 0 amide bonds. The van der Waals surface area contributed by atoms with Crippen molar-refractivity contribution < 1.29 is 38.7 Å². The van der Waals surface area contributed by atoms with Gasteiger partial charge in [-0.15, -0.1) is 0 Å². The second-order valence-corrected chi connectivity index (χ2v) is 9.82. The SMILES string of the molecule is COC(=O)C[C@@H](c1ccccc1OCCc1ccc(OC)cc1)c1c(O)c(O)c(O)c2c(=O)cc(-c3ccccc3)oc12. The molecule has 1 heterocycles. The maximum absolute atomic E-state index is 13.3. The van der Waals surface area contributed by atoms with Gasteiger partial charge in [0.1, 0.15) is 28.2 Å². The summed E-state index contributed by atoms with van der Waals surface area (Å²) >= 11 is 0. The number of aromatic hydroxyl groups is 3. The maximum atomic E-state index is 13.3.